The summed E-state index contributed by atoms with van der Waals surface area (Å²) >= 11 is 0. The van der Waals surface area contributed by atoms with Crippen LogP contribution in [0.15, 0.2) is 0 Å². The van der Waals surface area contributed by atoms with Gasteiger partial charge in [-0.3, -0.25) is 0 Å². The predicted octanol–water partition coefficient (Wildman–Crippen LogP) is -0.565. The van der Waals surface area contributed by atoms with Gasteiger partial charge in [0.25, 0.3) is 0 Å². The van der Waals surface area contributed by atoms with E-state index in [2.05, 4.69) is 10.1 Å². The summed E-state index contributed by atoms with van der Waals surface area (Å²) < 4.78 is 4.29. The molecule has 4 nitrogen and oxygen atoms in total. The first-order valence-corrected chi connectivity index (χ1v) is 2.41. The van der Waals surface area contributed by atoms with Crippen molar-refractivity contribution >= 4 is 6.09 Å². The third-order valence-electron chi connectivity index (χ3n) is 0.904. The maximum Gasteiger partial charge on any atom is 0.409 e. The largest absolute Gasteiger partial charge is 0.420 e. The molecule has 8 heavy (non-hydrogen) atoms. The molecule has 1 aliphatic heterocycles. The number of nitrogens with one attached hydrogen (secondary N) is 1. The van der Waals surface area contributed by atoms with E-state index in [4.69, 9.17) is 5.11 Å². The summed E-state index contributed by atoms with van der Waals surface area (Å²) in [4.78, 5) is 10.2. The highest BCUT2D eigenvalue weighted by Crippen LogP contribution is 1.97. The second-order valence-electron chi connectivity index (χ2n) is 1.58. The SMILES string of the molecule is O=C1NCCC(O)O1. The highest BCUT2D eigenvalue weighted by atomic mass is 16.6. The zero-order chi connectivity index (χ0) is 5.98. The molecule has 0 aliphatic carbocycles. The molecule has 0 aromatic rings. The summed E-state index contributed by atoms with van der Waals surface area (Å²) in [6, 6.07) is 0. The van der Waals surface area contributed by atoms with Gasteiger partial charge in [-0.15, -0.1) is 0 Å². The molecule has 1 rings (SSSR count). The van der Waals surface area contributed by atoms with E-state index in [1.807, 2.05) is 0 Å². The van der Waals surface area contributed by atoms with E-state index < -0.39 is 12.4 Å². The number of ether oxygens (including phenoxy) is 1. The van der Waals surface area contributed by atoms with Crippen molar-refractivity contribution in [1.82, 2.24) is 5.32 Å². The number of alkyl carbamates (subject to hydrolysis) is 1. The molecule has 0 radical (unpaired) electrons. The van der Waals surface area contributed by atoms with Crippen LogP contribution < -0.4 is 5.32 Å². The Labute approximate surface area is 46.4 Å². The van der Waals surface area contributed by atoms with Gasteiger partial charge in [-0.05, 0) is 0 Å². The number of hydrogen-bond acceptors (Lipinski definition) is 3. The molecule has 0 aromatic carbocycles. The van der Waals surface area contributed by atoms with Gasteiger partial charge in [0.15, 0.2) is 0 Å². The Kier molecular flexibility index (Phi) is 1.34. The van der Waals surface area contributed by atoms with Gasteiger partial charge in [-0.25, -0.2) is 4.79 Å². The lowest BCUT2D eigenvalue weighted by Gasteiger charge is -2.17. The average molecular weight is 117 g/mol. The minimum Gasteiger partial charge on any atom is -0.420 e. The molecule has 46 valence electrons. The van der Waals surface area contributed by atoms with Gasteiger partial charge in [0.05, 0.1) is 0 Å². The summed E-state index contributed by atoms with van der Waals surface area (Å²) in [7, 11) is 0. The van der Waals surface area contributed by atoms with E-state index in [0.29, 0.717) is 13.0 Å². The van der Waals surface area contributed by atoms with Crippen LogP contribution in [0, 0.1) is 0 Å². The monoisotopic (exact) mass is 117 g/mol. The second kappa shape index (κ2) is 2.00. The van der Waals surface area contributed by atoms with E-state index in [1.54, 1.807) is 0 Å². The number of carbonyl (C=O) groups excluding carboxylic acids is 1. The molecule has 1 atom stereocenters. The van der Waals surface area contributed by atoms with Crippen molar-refractivity contribution in [2.75, 3.05) is 6.54 Å². The molecule has 0 bridgehead atoms. The van der Waals surface area contributed by atoms with Crippen LogP contribution in [0.25, 0.3) is 0 Å². The summed E-state index contributed by atoms with van der Waals surface area (Å²) in [5.74, 6) is 0. The van der Waals surface area contributed by atoms with E-state index in [0.717, 1.165) is 0 Å². The van der Waals surface area contributed by atoms with Crippen LogP contribution in [0.1, 0.15) is 6.42 Å². The van der Waals surface area contributed by atoms with Crippen LogP contribution in [0.3, 0.4) is 0 Å². The first kappa shape index (κ1) is 5.37. The fraction of sp³-hybridized carbons (Fsp3) is 0.750. The van der Waals surface area contributed by atoms with Crippen LogP contribution in [0.4, 0.5) is 4.79 Å². The third kappa shape index (κ3) is 1.10. The Morgan fingerprint density at radius 1 is 1.88 bits per heavy atom. The second-order valence-corrected chi connectivity index (χ2v) is 1.58. The summed E-state index contributed by atoms with van der Waals surface area (Å²) in [6.45, 7) is 0.500. The minimum absolute atomic E-state index is 0.478. The number of carbonyl (C=O) groups is 1. The van der Waals surface area contributed by atoms with E-state index >= 15 is 0 Å². The molecule has 0 spiro atoms. The third-order valence-corrected chi connectivity index (χ3v) is 0.904. The molecular formula is C4H7NO3. The van der Waals surface area contributed by atoms with Crippen LogP contribution >= 0.6 is 0 Å². The summed E-state index contributed by atoms with van der Waals surface area (Å²) in [5.41, 5.74) is 0. The van der Waals surface area contributed by atoms with Crippen molar-refractivity contribution in [3.63, 3.8) is 0 Å². The number of rotatable bonds is 0. The fourth-order valence-electron chi connectivity index (χ4n) is 0.522. The Balaban J connectivity index is 2.34. The van der Waals surface area contributed by atoms with Crippen molar-refractivity contribution < 1.29 is 14.6 Å². The summed E-state index contributed by atoms with van der Waals surface area (Å²) in [6.07, 6.45) is -0.960. The Hall–Kier alpha value is -0.770. The minimum atomic E-state index is -0.899. The molecule has 4 heteroatoms. The predicted molar refractivity (Wildman–Crippen MR) is 25.1 cm³/mol. The Morgan fingerprint density at radius 2 is 2.62 bits per heavy atom. The van der Waals surface area contributed by atoms with E-state index in [-0.39, 0.29) is 0 Å². The van der Waals surface area contributed by atoms with Crippen molar-refractivity contribution in [2.45, 2.75) is 12.7 Å². The van der Waals surface area contributed by atoms with Gasteiger partial charge in [-0.2, -0.15) is 0 Å². The normalized spacial score (nSPS) is 28.6. The number of aliphatic hydroxyl groups is 1. The molecule has 1 fully saturated rings. The quantitative estimate of drug-likeness (QED) is 0.447. The Bertz CT molecular complexity index is 103. The maximum absolute atomic E-state index is 10.2. The van der Waals surface area contributed by atoms with Gasteiger partial charge in [0.2, 0.25) is 6.29 Å². The topological polar surface area (TPSA) is 58.6 Å². The fourth-order valence-corrected chi connectivity index (χ4v) is 0.522. The molecule has 1 heterocycles. The van der Waals surface area contributed by atoms with Crippen LogP contribution in [0.2, 0.25) is 0 Å². The average Bonchev–Trinajstić information content (AvgIpc) is 1.64. The highest BCUT2D eigenvalue weighted by molar-refractivity contribution is 5.67. The molecular weight excluding hydrogens is 110 g/mol. The molecule has 0 aromatic heterocycles. The lowest BCUT2D eigenvalue weighted by Crippen LogP contribution is -2.37. The van der Waals surface area contributed by atoms with Crippen LogP contribution in [-0.2, 0) is 4.74 Å². The lowest BCUT2D eigenvalue weighted by molar-refractivity contribution is -0.0686. The van der Waals surface area contributed by atoms with E-state index in [9.17, 15) is 4.79 Å². The molecule has 2 N–H and O–H groups in total. The molecule has 1 unspecified atom stereocenters. The molecule has 1 amide bonds. The van der Waals surface area contributed by atoms with Crippen molar-refractivity contribution in [3.05, 3.63) is 0 Å². The highest BCUT2D eigenvalue weighted by Gasteiger charge is 2.15. The maximum atomic E-state index is 10.2. The van der Waals surface area contributed by atoms with Crippen molar-refractivity contribution in [3.8, 4) is 0 Å². The molecule has 0 saturated carbocycles. The van der Waals surface area contributed by atoms with Gasteiger partial charge in [0, 0.05) is 13.0 Å². The van der Waals surface area contributed by atoms with Crippen LogP contribution in [0.5, 0.6) is 0 Å². The Morgan fingerprint density at radius 3 is 3.00 bits per heavy atom. The number of amides is 1. The standard InChI is InChI=1S/C4H7NO3/c6-3-1-2-5-4(7)8-3/h3,6H,1-2H2,(H,5,7). The first-order valence-electron chi connectivity index (χ1n) is 2.41. The van der Waals surface area contributed by atoms with E-state index in [1.165, 1.54) is 0 Å². The van der Waals surface area contributed by atoms with Gasteiger partial charge in [0.1, 0.15) is 0 Å². The zero-order valence-corrected chi connectivity index (χ0v) is 4.26. The smallest absolute Gasteiger partial charge is 0.409 e. The van der Waals surface area contributed by atoms with Crippen molar-refractivity contribution in [2.24, 2.45) is 0 Å². The van der Waals surface area contributed by atoms with Crippen LogP contribution in [-0.4, -0.2) is 24.0 Å². The van der Waals surface area contributed by atoms with Crippen molar-refractivity contribution in [1.29, 1.82) is 0 Å². The van der Waals surface area contributed by atoms with Gasteiger partial charge >= 0.3 is 6.09 Å². The van der Waals surface area contributed by atoms with Gasteiger partial charge in [-0.1, -0.05) is 0 Å². The molecule has 1 aliphatic rings. The summed E-state index contributed by atoms with van der Waals surface area (Å²) in [5, 5.41) is 11.0. The first-order chi connectivity index (χ1) is 3.79. The zero-order valence-electron chi connectivity index (χ0n) is 4.26. The number of aliphatic hydroxyl groups excluding tert-OH is 1. The molecule has 1 saturated heterocycles. The van der Waals surface area contributed by atoms with Gasteiger partial charge < -0.3 is 15.2 Å². The number of hydrogen-bond donors (Lipinski definition) is 2. The number of cyclic esters (lactones) is 1. The lowest BCUT2D eigenvalue weighted by atomic mass is 10.4.